The van der Waals surface area contributed by atoms with E-state index in [-0.39, 0.29) is 11.4 Å². The van der Waals surface area contributed by atoms with Gasteiger partial charge in [-0.05, 0) is 36.6 Å². The summed E-state index contributed by atoms with van der Waals surface area (Å²) in [5.41, 5.74) is 7.52. The number of ether oxygens (including phenoxy) is 1. The van der Waals surface area contributed by atoms with Crippen molar-refractivity contribution >= 4 is 15.7 Å². The molecule has 112 valence electrons. The predicted molar refractivity (Wildman–Crippen MR) is 78.0 cm³/mol. The molecule has 0 saturated carbocycles. The van der Waals surface area contributed by atoms with Gasteiger partial charge >= 0.3 is 0 Å². The van der Waals surface area contributed by atoms with Crippen molar-refractivity contribution < 1.29 is 13.2 Å². The van der Waals surface area contributed by atoms with E-state index in [1.165, 1.54) is 6.07 Å². The van der Waals surface area contributed by atoms with Crippen LogP contribution in [0.25, 0.3) is 0 Å². The topological polar surface area (TPSA) is 98.6 Å². The fourth-order valence-corrected chi connectivity index (χ4v) is 3.11. The lowest BCUT2D eigenvalue weighted by Crippen LogP contribution is -2.37. The van der Waals surface area contributed by atoms with Gasteiger partial charge in [0.05, 0.1) is 11.0 Å². The molecule has 0 radical (unpaired) electrons. The summed E-state index contributed by atoms with van der Waals surface area (Å²) in [4.78, 5) is 2.32. The minimum absolute atomic E-state index is 0.105. The highest BCUT2D eigenvalue weighted by molar-refractivity contribution is 7.89. The normalized spacial score (nSPS) is 17.4. The van der Waals surface area contributed by atoms with E-state index in [0.29, 0.717) is 6.10 Å². The Hall–Kier alpha value is -1.15. The monoisotopic (exact) mass is 299 g/mol. The van der Waals surface area contributed by atoms with Gasteiger partial charge in [0.1, 0.15) is 0 Å². The molecular formula is C13H21N3O3S. The van der Waals surface area contributed by atoms with Crippen LogP contribution >= 0.6 is 0 Å². The number of methoxy groups -OCH3 is 1. The first-order valence-corrected chi connectivity index (χ1v) is 8.14. The summed E-state index contributed by atoms with van der Waals surface area (Å²) >= 11 is 0. The quantitative estimate of drug-likeness (QED) is 0.839. The molecule has 1 aromatic carbocycles. The third-order valence-electron chi connectivity index (χ3n) is 3.72. The molecule has 0 spiro atoms. The van der Waals surface area contributed by atoms with Crippen LogP contribution in [-0.2, 0) is 21.3 Å². The highest BCUT2D eigenvalue weighted by Crippen LogP contribution is 2.26. The lowest BCUT2D eigenvalue weighted by atomic mass is 10.0. The second-order valence-corrected chi connectivity index (χ2v) is 6.52. The molecule has 4 N–H and O–H groups in total. The molecule has 20 heavy (non-hydrogen) atoms. The standard InChI is InChI=1S/C13H21N3O3S/c1-19-11-4-6-16(7-5-11)13-3-2-12(20(15,17)18)8-10(13)9-14/h2-3,8,11H,4-7,9,14H2,1H3,(H2,15,17,18). The summed E-state index contributed by atoms with van der Waals surface area (Å²) in [6.07, 6.45) is 2.21. The Kier molecular flexibility index (Phi) is 4.64. The number of hydrogen-bond donors (Lipinski definition) is 2. The van der Waals surface area contributed by atoms with E-state index < -0.39 is 10.0 Å². The van der Waals surface area contributed by atoms with Gasteiger partial charge in [0.2, 0.25) is 10.0 Å². The third-order valence-corrected chi connectivity index (χ3v) is 4.63. The fourth-order valence-electron chi connectivity index (χ4n) is 2.54. The Bertz CT molecular complexity index is 566. The summed E-state index contributed by atoms with van der Waals surface area (Å²) in [5, 5.41) is 5.15. The van der Waals surface area contributed by atoms with E-state index in [1.807, 2.05) is 0 Å². The van der Waals surface area contributed by atoms with Gasteiger partial charge in [-0.2, -0.15) is 0 Å². The zero-order valence-corrected chi connectivity index (χ0v) is 12.4. The molecule has 0 aromatic heterocycles. The first-order chi connectivity index (χ1) is 9.45. The van der Waals surface area contributed by atoms with Gasteiger partial charge in [0.25, 0.3) is 0 Å². The van der Waals surface area contributed by atoms with E-state index in [4.69, 9.17) is 15.6 Å². The lowest BCUT2D eigenvalue weighted by Gasteiger charge is -2.34. The van der Waals surface area contributed by atoms with Crippen LogP contribution < -0.4 is 15.8 Å². The average Bonchev–Trinajstić information content (AvgIpc) is 2.45. The number of benzene rings is 1. The minimum atomic E-state index is -3.69. The van der Waals surface area contributed by atoms with E-state index in [2.05, 4.69) is 4.90 Å². The number of hydrogen-bond acceptors (Lipinski definition) is 5. The van der Waals surface area contributed by atoms with Gasteiger partial charge in [-0.15, -0.1) is 0 Å². The number of nitrogens with two attached hydrogens (primary N) is 2. The molecule has 0 atom stereocenters. The van der Waals surface area contributed by atoms with E-state index in [0.717, 1.165) is 37.2 Å². The molecule has 0 unspecified atom stereocenters. The molecule has 7 heteroatoms. The maximum atomic E-state index is 11.4. The van der Waals surface area contributed by atoms with Crippen molar-refractivity contribution in [1.29, 1.82) is 0 Å². The number of piperidine rings is 1. The van der Waals surface area contributed by atoms with Crippen LogP contribution in [0.5, 0.6) is 0 Å². The molecule has 0 bridgehead atoms. The SMILES string of the molecule is COC1CCN(c2ccc(S(N)(=O)=O)cc2CN)CC1. The van der Waals surface area contributed by atoms with Crippen LogP contribution in [0.15, 0.2) is 23.1 Å². The summed E-state index contributed by atoms with van der Waals surface area (Å²) in [5.74, 6) is 0. The van der Waals surface area contributed by atoms with Gasteiger partial charge in [-0.1, -0.05) is 0 Å². The summed E-state index contributed by atoms with van der Waals surface area (Å²) < 4.78 is 28.1. The Morgan fingerprint density at radius 1 is 1.35 bits per heavy atom. The van der Waals surface area contributed by atoms with Crippen molar-refractivity contribution in [2.75, 3.05) is 25.1 Å². The Morgan fingerprint density at radius 3 is 2.50 bits per heavy atom. The first-order valence-electron chi connectivity index (χ1n) is 6.59. The zero-order chi connectivity index (χ0) is 14.8. The van der Waals surface area contributed by atoms with E-state index in [1.54, 1.807) is 19.2 Å². The molecule has 6 nitrogen and oxygen atoms in total. The highest BCUT2D eigenvalue weighted by atomic mass is 32.2. The van der Waals surface area contributed by atoms with Crippen LogP contribution in [0.1, 0.15) is 18.4 Å². The molecule has 1 heterocycles. The summed E-state index contributed by atoms with van der Waals surface area (Å²) in [7, 11) is -1.96. The van der Waals surface area contributed by atoms with Gasteiger partial charge in [0, 0.05) is 32.4 Å². The van der Waals surface area contributed by atoms with E-state index >= 15 is 0 Å². The largest absolute Gasteiger partial charge is 0.381 e. The van der Waals surface area contributed by atoms with Crippen LogP contribution in [0.2, 0.25) is 0 Å². The molecule has 1 fully saturated rings. The van der Waals surface area contributed by atoms with Crippen LogP contribution in [0.4, 0.5) is 5.69 Å². The van der Waals surface area contributed by atoms with Crippen molar-refractivity contribution in [2.45, 2.75) is 30.4 Å². The second-order valence-electron chi connectivity index (χ2n) is 4.96. The highest BCUT2D eigenvalue weighted by Gasteiger charge is 2.21. The number of rotatable bonds is 4. The van der Waals surface area contributed by atoms with Crippen molar-refractivity contribution in [3.63, 3.8) is 0 Å². The molecular weight excluding hydrogens is 278 g/mol. The van der Waals surface area contributed by atoms with Gasteiger partial charge in [0.15, 0.2) is 0 Å². The molecule has 1 aliphatic rings. The van der Waals surface area contributed by atoms with Gasteiger partial charge in [-0.3, -0.25) is 0 Å². The smallest absolute Gasteiger partial charge is 0.238 e. The third kappa shape index (κ3) is 3.29. The van der Waals surface area contributed by atoms with Gasteiger partial charge < -0.3 is 15.4 Å². The van der Waals surface area contributed by atoms with Gasteiger partial charge in [-0.25, -0.2) is 13.6 Å². The lowest BCUT2D eigenvalue weighted by molar-refractivity contribution is 0.0819. The summed E-state index contributed by atoms with van der Waals surface area (Å²) in [6.45, 7) is 2.03. The number of nitrogens with zero attached hydrogens (tertiary/aromatic N) is 1. The maximum Gasteiger partial charge on any atom is 0.238 e. The molecule has 1 saturated heterocycles. The molecule has 0 aliphatic carbocycles. The number of primary sulfonamides is 1. The van der Waals surface area contributed by atoms with Crippen molar-refractivity contribution in [3.8, 4) is 0 Å². The maximum absolute atomic E-state index is 11.4. The first kappa shape index (κ1) is 15.2. The fraction of sp³-hybridized carbons (Fsp3) is 0.538. The van der Waals surface area contributed by atoms with E-state index in [9.17, 15) is 8.42 Å². The Labute approximate surface area is 119 Å². The Balaban J connectivity index is 2.25. The number of anilines is 1. The molecule has 2 rings (SSSR count). The van der Waals surface area contributed by atoms with Crippen molar-refractivity contribution in [3.05, 3.63) is 23.8 Å². The summed E-state index contributed by atoms with van der Waals surface area (Å²) in [6, 6.07) is 4.88. The average molecular weight is 299 g/mol. The minimum Gasteiger partial charge on any atom is -0.381 e. The molecule has 0 amide bonds. The van der Waals surface area contributed by atoms with Crippen LogP contribution in [0.3, 0.4) is 0 Å². The second kappa shape index (κ2) is 6.09. The van der Waals surface area contributed by atoms with Crippen LogP contribution in [-0.4, -0.2) is 34.7 Å². The molecule has 1 aromatic rings. The van der Waals surface area contributed by atoms with Crippen molar-refractivity contribution in [2.24, 2.45) is 10.9 Å². The predicted octanol–water partition coefficient (Wildman–Crippen LogP) is 0.408. The zero-order valence-electron chi connectivity index (χ0n) is 11.6. The Morgan fingerprint density at radius 2 is 2.00 bits per heavy atom. The number of sulfonamides is 1. The molecule has 1 aliphatic heterocycles. The van der Waals surface area contributed by atoms with Crippen LogP contribution in [0, 0.1) is 0 Å². The van der Waals surface area contributed by atoms with Crippen molar-refractivity contribution in [1.82, 2.24) is 0 Å².